The molecule has 1 aliphatic carbocycles. The van der Waals surface area contributed by atoms with Gasteiger partial charge in [0.25, 0.3) is 0 Å². The molecule has 2 aliphatic rings. The maximum absolute atomic E-state index is 12.5. The van der Waals surface area contributed by atoms with Crippen LogP contribution in [-0.4, -0.2) is 56.4 Å². The van der Waals surface area contributed by atoms with Crippen molar-refractivity contribution in [2.75, 3.05) is 33.3 Å². The minimum Gasteiger partial charge on any atom is -0.484 e. The lowest BCUT2D eigenvalue weighted by Gasteiger charge is -2.18. The molecule has 5 nitrogen and oxygen atoms in total. The molecule has 0 radical (unpaired) electrons. The number of rotatable bonds is 7. The quantitative estimate of drug-likeness (QED) is 0.548. The maximum atomic E-state index is 12.5. The van der Waals surface area contributed by atoms with Crippen LogP contribution < -0.4 is 15.4 Å². The van der Waals surface area contributed by atoms with Gasteiger partial charge in [0.2, 0.25) is 0 Å². The van der Waals surface area contributed by atoms with E-state index in [1.54, 1.807) is 19.2 Å². The van der Waals surface area contributed by atoms with Gasteiger partial charge in [-0.15, -0.1) is 0 Å². The summed E-state index contributed by atoms with van der Waals surface area (Å²) in [5.74, 6) is 1.49. The molecule has 0 aromatic heterocycles. The molecule has 0 spiro atoms. The largest absolute Gasteiger partial charge is 0.484 e. The molecule has 1 heterocycles. The smallest absolute Gasteiger partial charge is 0.422 e. The second-order valence-corrected chi connectivity index (χ2v) is 7.70. The first-order valence-corrected chi connectivity index (χ1v) is 9.81. The highest BCUT2D eigenvalue weighted by molar-refractivity contribution is 5.79. The van der Waals surface area contributed by atoms with Crippen LogP contribution in [0.3, 0.4) is 0 Å². The molecule has 1 atom stereocenters. The van der Waals surface area contributed by atoms with Crippen LogP contribution in [0.2, 0.25) is 0 Å². The van der Waals surface area contributed by atoms with Crippen molar-refractivity contribution in [3.63, 3.8) is 0 Å². The Balaban J connectivity index is 1.49. The Labute approximate surface area is 164 Å². The molecule has 1 saturated carbocycles. The summed E-state index contributed by atoms with van der Waals surface area (Å²) in [6, 6.07) is 6.08. The van der Waals surface area contributed by atoms with Gasteiger partial charge in [0, 0.05) is 38.3 Å². The lowest BCUT2D eigenvalue weighted by Crippen LogP contribution is -2.40. The van der Waals surface area contributed by atoms with Gasteiger partial charge in [-0.1, -0.05) is 12.1 Å². The Hall–Kier alpha value is -1.96. The summed E-state index contributed by atoms with van der Waals surface area (Å²) in [7, 11) is 1.69. The average molecular weight is 398 g/mol. The monoisotopic (exact) mass is 398 g/mol. The molecule has 3 rings (SSSR count). The van der Waals surface area contributed by atoms with Crippen molar-refractivity contribution in [2.24, 2.45) is 10.9 Å². The van der Waals surface area contributed by atoms with Crippen molar-refractivity contribution in [3.8, 4) is 5.75 Å². The topological polar surface area (TPSA) is 48.9 Å². The molecule has 156 valence electrons. The van der Waals surface area contributed by atoms with Crippen molar-refractivity contribution in [3.05, 3.63) is 29.3 Å². The zero-order valence-corrected chi connectivity index (χ0v) is 16.5. The fourth-order valence-electron chi connectivity index (χ4n) is 3.54. The van der Waals surface area contributed by atoms with E-state index in [0.717, 1.165) is 24.7 Å². The third-order valence-corrected chi connectivity index (χ3v) is 5.22. The van der Waals surface area contributed by atoms with Gasteiger partial charge in [-0.2, -0.15) is 13.2 Å². The van der Waals surface area contributed by atoms with Crippen molar-refractivity contribution in [2.45, 2.75) is 44.9 Å². The minimum absolute atomic E-state index is 0.246. The first kappa shape index (κ1) is 20.8. The Bertz CT molecular complexity index is 689. The van der Waals surface area contributed by atoms with E-state index in [2.05, 4.69) is 20.5 Å². The standard InChI is InChI=1S/C20H29F3N4O/c1-14-3-4-16(18(9-14)28-13-20(21,22)23)11-26-19(24-2)25-10-15-7-8-27(12-15)17-5-6-17/h3-4,9,15,17H,5-8,10-13H2,1-2H3,(H2,24,25,26). The molecule has 0 amide bonds. The van der Waals surface area contributed by atoms with E-state index in [9.17, 15) is 13.2 Å². The van der Waals surface area contributed by atoms with Crippen LogP contribution >= 0.6 is 0 Å². The highest BCUT2D eigenvalue weighted by atomic mass is 19.4. The molecule has 1 aliphatic heterocycles. The van der Waals surface area contributed by atoms with E-state index in [1.807, 2.05) is 13.0 Å². The molecule has 1 saturated heterocycles. The molecule has 2 N–H and O–H groups in total. The van der Waals surface area contributed by atoms with E-state index in [1.165, 1.54) is 25.8 Å². The van der Waals surface area contributed by atoms with E-state index < -0.39 is 12.8 Å². The van der Waals surface area contributed by atoms with Crippen LogP contribution in [0.5, 0.6) is 5.75 Å². The summed E-state index contributed by atoms with van der Waals surface area (Å²) in [6.45, 7) is 4.01. The average Bonchev–Trinajstić information content (AvgIpc) is 3.39. The van der Waals surface area contributed by atoms with E-state index in [4.69, 9.17) is 4.74 Å². The fraction of sp³-hybridized carbons (Fsp3) is 0.650. The summed E-state index contributed by atoms with van der Waals surface area (Å²) in [4.78, 5) is 6.79. The molecule has 28 heavy (non-hydrogen) atoms. The predicted molar refractivity (Wildman–Crippen MR) is 104 cm³/mol. The van der Waals surface area contributed by atoms with Gasteiger partial charge >= 0.3 is 6.18 Å². The first-order chi connectivity index (χ1) is 13.3. The molecule has 1 unspecified atom stereocenters. The fourth-order valence-corrected chi connectivity index (χ4v) is 3.54. The first-order valence-electron chi connectivity index (χ1n) is 9.81. The molecular formula is C20H29F3N4O. The van der Waals surface area contributed by atoms with Gasteiger partial charge in [0.05, 0.1) is 0 Å². The summed E-state index contributed by atoms with van der Waals surface area (Å²) >= 11 is 0. The van der Waals surface area contributed by atoms with Gasteiger partial charge in [0.1, 0.15) is 5.75 Å². The number of likely N-dealkylation sites (tertiary alicyclic amines) is 1. The van der Waals surface area contributed by atoms with Crippen LogP contribution in [-0.2, 0) is 6.54 Å². The Morgan fingerprint density at radius 1 is 1.25 bits per heavy atom. The number of alkyl halides is 3. The lowest BCUT2D eigenvalue weighted by atomic mass is 10.1. The van der Waals surface area contributed by atoms with E-state index >= 15 is 0 Å². The number of aryl methyl sites for hydroxylation is 1. The molecular weight excluding hydrogens is 369 g/mol. The number of nitrogens with one attached hydrogen (secondary N) is 2. The maximum Gasteiger partial charge on any atom is 0.422 e. The van der Waals surface area contributed by atoms with E-state index in [-0.39, 0.29) is 5.75 Å². The van der Waals surface area contributed by atoms with Crippen LogP contribution in [0.4, 0.5) is 13.2 Å². The summed E-state index contributed by atoms with van der Waals surface area (Å²) in [5.41, 5.74) is 1.52. The number of benzene rings is 1. The third kappa shape index (κ3) is 6.29. The molecule has 0 bridgehead atoms. The van der Waals surface area contributed by atoms with Crippen LogP contribution in [0.15, 0.2) is 23.2 Å². The third-order valence-electron chi connectivity index (χ3n) is 5.22. The van der Waals surface area contributed by atoms with Crippen LogP contribution in [0.25, 0.3) is 0 Å². The van der Waals surface area contributed by atoms with Crippen LogP contribution in [0.1, 0.15) is 30.4 Å². The zero-order valence-electron chi connectivity index (χ0n) is 16.5. The molecule has 1 aromatic rings. The van der Waals surface area contributed by atoms with Crippen LogP contribution in [0, 0.1) is 12.8 Å². The number of nitrogens with zero attached hydrogens (tertiary/aromatic N) is 2. The summed E-state index contributed by atoms with van der Waals surface area (Å²) in [6.07, 6.45) is -0.507. The van der Waals surface area contributed by atoms with Crippen molar-refractivity contribution in [1.82, 2.24) is 15.5 Å². The van der Waals surface area contributed by atoms with Crippen molar-refractivity contribution < 1.29 is 17.9 Å². The van der Waals surface area contributed by atoms with E-state index in [0.29, 0.717) is 24.0 Å². The molecule has 8 heteroatoms. The van der Waals surface area contributed by atoms with Gasteiger partial charge in [0.15, 0.2) is 12.6 Å². The Morgan fingerprint density at radius 3 is 2.71 bits per heavy atom. The van der Waals surface area contributed by atoms with Crippen molar-refractivity contribution >= 4 is 5.96 Å². The van der Waals surface area contributed by atoms with Gasteiger partial charge < -0.3 is 20.3 Å². The molecule has 2 fully saturated rings. The number of hydrogen-bond acceptors (Lipinski definition) is 3. The predicted octanol–water partition coefficient (Wildman–Crippen LogP) is 3.09. The van der Waals surface area contributed by atoms with Crippen molar-refractivity contribution in [1.29, 1.82) is 0 Å². The summed E-state index contributed by atoms with van der Waals surface area (Å²) < 4.78 is 42.5. The Morgan fingerprint density at radius 2 is 2.04 bits per heavy atom. The normalized spacial score (nSPS) is 21.0. The second kappa shape index (κ2) is 9.03. The van der Waals surface area contributed by atoms with Gasteiger partial charge in [-0.3, -0.25) is 4.99 Å². The van der Waals surface area contributed by atoms with Gasteiger partial charge in [-0.05, 0) is 50.3 Å². The number of guanidine groups is 1. The second-order valence-electron chi connectivity index (χ2n) is 7.70. The minimum atomic E-state index is -4.36. The summed E-state index contributed by atoms with van der Waals surface area (Å²) in [5, 5.41) is 6.52. The number of halogens is 3. The number of hydrogen-bond donors (Lipinski definition) is 2. The number of ether oxygens (including phenoxy) is 1. The lowest BCUT2D eigenvalue weighted by molar-refractivity contribution is -0.153. The highest BCUT2D eigenvalue weighted by Crippen LogP contribution is 2.31. The zero-order chi connectivity index (χ0) is 20.1. The number of aliphatic imine (C=N–C) groups is 1. The van der Waals surface area contributed by atoms with Gasteiger partial charge in [-0.25, -0.2) is 0 Å². The molecule has 1 aromatic carbocycles. The highest BCUT2D eigenvalue weighted by Gasteiger charge is 2.34. The SMILES string of the molecule is CN=C(NCc1ccc(C)cc1OCC(F)(F)F)NCC1CCN(C2CC2)C1. The Kier molecular flexibility index (Phi) is 6.69.